The van der Waals surface area contributed by atoms with Crippen molar-refractivity contribution >= 4 is 31.2 Å². The van der Waals surface area contributed by atoms with Gasteiger partial charge in [0.1, 0.15) is 9.84 Å². The van der Waals surface area contributed by atoms with Crippen molar-refractivity contribution in [2.24, 2.45) is 5.14 Å². The van der Waals surface area contributed by atoms with Gasteiger partial charge in [-0.15, -0.1) is 0 Å². The lowest BCUT2D eigenvalue weighted by atomic mass is 10.1. The van der Waals surface area contributed by atoms with Gasteiger partial charge >= 0.3 is 0 Å². The van der Waals surface area contributed by atoms with Crippen LogP contribution in [0, 0.1) is 6.92 Å². The molecular formula is C11H19N3O4S2. The molecule has 0 radical (unpaired) electrons. The van der Waals surface area contributed by atoms with Crippen LogP contribution in [0.1, 0.15) is 5.56 Å². The van der Waals surface area contributed by atoms with E-state index in [0.29, 0.717) is 11.3 Å². The van der Waals surface area contributed by atoms with Crippen LogP contribution >= 0.6 is 0 Å². The zero-order valence-electron chi connectivity index (χ0n) is 11.6. The maximum absolute atomic E-state index is 11.5. The number of benzene rings is 1. The third-order valence-corrected chi connectivity index (χ3v) is 4.83. The molecule has 1 aromatic carbocycles. The molecule has 0 fully saturated rings. The Bertz CT molecular complexity index is 711. The third-order valence-electron chi connectivity index (χ3n) is 2.87. The summed E-state index contributed by atoms with van der Waals surface area (Å²) in [4.78, 5) is 1.58. The summed E-state index contributed by atoms with van der Waals surface area (Å²) in [6.07, 6.45) is 1.14. The highest BCUT2D eigenvalue weighted by Gasteiger charge is 2.18. The molecule has 0 aromatic heterocycles. The summed E-state index contributed by atoms with van der Waals surface area (Å²) >= 11 is 0. The number of sulfone groups is 1. The molecule has 0 amide bonds. The molecule has 1 aromatic rings. The van der Waals surface area contributed by atoms with Crippen LogP contribution in [0.25, 0.3) is 0 Å². The van der Waals surface area contributed by atoms with Crippen LogP contribution in [-0.4, -0.2) is 42.4 Å². The molecule has 0 saturated carbocycles. The number of nitrogen functional groups attached to an aromatic ring is 1. The van der Waals surface area contributed by atoms with Crippen molar-refractivity contribution in [1.82, 2.24) is 0 Å². The number of nitrogens with zero attached hydrogens (tertiary/aromatic N) is 1. The first-order valence-electron chi connectivity index (χ1n) is 5.73. The molecule has 0 heterocycles. The number of primary sulfonamides is 1. The fourth-order valence-electron chi connectivity index (χ4n) is 1.81. The molecule has 4 N–H and O–H groups in total. The standard InChI is InChI=1S/C11H19N3O4S2/c1-8-10(14(2)4-5-19(3,15)16)6-9(12)7-11(8)20(13,17)18/h6-7H,4-5,12H2,1-3H3,(H2,13,17,18). The summed E-state index contributed by atoms with van der Waals surface area (Å²) in [6.45, 7) is 1.83. The average Bonchev–Trinajstić information content (AvgIpc) is 2.26. The summed E-state index contributed by atoms with van der Waals surface area (Å²) in [5.74, 6) is -0.0392. The molecule has 1 rings (SSSR count). The highest BCUT2D eigenvalue weighted by atomic mass is 32.2. The normalized spacial score (nSPS) is 12.4. The lowest BCUT2D eigenvalue weighted by Crippen LogP contribution is -2.26. The molecule has 0 aliphatic rings. The quantitative estimate of drug-likeness (QED) is 0.718. The Balaban J connectivity index is 3.22. The number of hydrogen-bond acceptors (Lipinski definition) is 6. The molecular weight excluding hydrogens is 302 g/mol. The second kappa shape index (κ2) is 5.58. The molecule has 0 saturated heterocycles. The molecule has 7 nitrogen and oxygen atoms in total. The van der Waals surface area contributed by atoms with Crippen molar-refractivity contribution in [3.05, 3.63) is 17.7 Å². The molecule has 0 spiro atoms. The minimum atomic E-state index is -3.88. The van der Waals surface area contributed by atoms with Crippen molar-refractivity contribution in [2.45, 2.75) is 11.8 Å². The van der Waals surface area contributed by atoms with Gasteiger partial charge in [-0.3, -0.25) is 0 Å². The number of rotatable bonds is 5. The first kappa shape index (κ1) is 16.7. The average molecular weight is 321 g/mol. The molecule has 20 heavy (non-hydrogen) atoms. The van der Waals surface area contributed by atoms with Gasteiger partial charge in [0.05, 0.1) is 10.6 Å². The molecule has 0 aliphatic heterocycles. The molecule has 0 atom stereocenters. The minimum Gasteiger partial charge on any atom is -0.399 e. The number of nitrogens with two attached hydrogens (primary N) is 2. The summed E-state index contributed by atoms with van der Waals surface area (Å²) in [7, 11) is -5.32. The van der Waals surface area contributed by atoms with Gasteiger partial charge in [0.25, 0.3) is 0 Å². The number of hydrogen-bond donors (Lipinski definition) is 2. The SMILES string of the molecule is Cc1c(N(C)CCS(C)(=O)=O)cc(N)cc1S(N)(=O)=O. The van der Waals surface area contributed by atoms with E-state index in [1.54, 1.807) is 24.9 Å². The topological polar surface area (TPSA) is 124 Å². The van der Waals surface area contributed by atoms with Crippen LogP contribution in [-0.2, 0) is 19.9 Å². The summed E-state index contributed by atoms with van der Waals surface area (Å²) < 4.78 is 45.4. The number of sulfonamides is 1. The smallest absolute Gasteiger partial charge is 0.238 e. The monoisotopic (exact) mass is 321 g/mol. The van der Waals surface area contributed by atoms with Gasteiger partial charge in [-0.25, -0.2) is 22.0 Å². The van der Waals surface area contributed by atoms with Crippen LogP contribution in [0.15, 0.2) is 17.0 Å². The predicted molar refractivity (Wildman–Crippen MR) is 79.9 cm³/mol. The summed E-state index contributed by atoms with van der Waals surface area (Å²) in [6, 6.07) is 2.88. The van der Waals surface area contributed by atoms with E-state index < -0.39 is 19.9 Å². The lowest BCUT2D eigenvalue weighted by molar-refractivity contribution is 0.596. The molecule has 0 unspecified atom stereocenters. The van der Waals surface area contributed by atoms with E-state index in [2.05, 4.69) is 0 Å². The fourth-order valence-corrected chi connectivity index (χ4v) is 3.25. The van der Waals surface area contributed by atoms with Gasteiger partial charge in [-0.1, -0.05) is 0 Å². The Kier molecular flexibility index (Phi) is 4.67. The zero-order chi connectivity index (χ0) is 15.7. The van der Waals surface area contributed by atoms with Crippen LogP contribution in [0.3, 0.4) is 0 Å². The van der Waals surface area contributed by atoms with Gasteiger partial charge in [-0.2, -0.15) is 0 Å². The second-order valence-corrected chi connectivity index (χ2v) is 8.55. The van der Waals surface area contributed by atoms with Gasteiger partial charge in [0.2, 0.25) is 10.0 Å². The van der Waals surface area contributed by atoms with E-state index in [9.17, 15) is 16.8 Å². The second-order valence-electron chi connectivity index (χ2n) is 4.76. The maximum atomic E-state index is 11.5. The van der Waals surface area contributed by atoms with Crippen molar-refractivity contribution < 1.29 is 16.8 Å². The summed E-state index contributed by atoms with van der Waals surface area (Å²) in [5, 5.41) is 5.14. The Morgan fingerprint density at radius 2 is 1.75 bits per heavy atom. The van der Waals surface area contributed by atoms with Gasteiger partial charge in [0.15, 0.2) is 0 Å². The van der Waals surface area contributed by atoms with Crippen molar-refractivity contribution in [3.63, 3.8) is 0 Å². The Hall–Kier alpha value is -1.32. The first-order chi connectivity index (χ1) is 8.92. The zero-order valence-corrected chi connectivity index (χ0v) is 13.3. The van der Waals surface area contributed by atoms with Crippen LogP contribution in [0.4, 0.5) is 11.4 Å². The van der Waals surface area contributed by atoms with Gasteiger partial charge in [-0.05, 0) is 24.6 Å². The Labute approximate surface area is 119 Å². The summed E-state index contributed by atoms with van der Waals surface area (Å²) in [5.41, 5.74) is 6.91. The van der Waals surface area contributed by atoms with E-state index in [1.807, 2.05) is 0 Å². The largest absolute Gasteiger partial charge is 0.399 e. The van der Waals surface area contributed by atoms with E-state index in [4.69, 9.17) is 10.9 Å². The third kappa shape index (κ3) is 4.36. The van der Waals surface area contributed by atoms with Gasteiger partial charge < -0.3 is 10.6 Å². The highest BCUT2D eigenvalue weighted by molar-refractivity contribution is 7.90. The molecule has 0 bridgehead atoms. The molecule has 0 aliphatic carbocycles. The lowest BCUT2D eigenvalue weighted by Gasteiger charge is -2.22. The van der Waals surface area contributed by atoms with Crippen LogP contribution in [0.2, 0.25) is 0 Å². The van der Waals surface area contributed by atoms with Gasteiger partial charge in [0, 0.05) is 31.2 Å². The Morgan fingerprint density at radius 3 is 2.20 bits per heavy atom. The predicted octanol–water partition coefficient (Wildman–Crippen LogP) is -0.295. The highest BCUT2D eigenvalue weighted by Crippen LogP contribution is 2.28. The van der Waals surface area contributed by atoms with E-state index in [1.165, 1.54) is 6.07 Å². The molecule has 9 heteroatoms. The number of anilines is 2. The van der Waals surface area contributed by atoms with E-state index in [0.717, 1.165) is 6.26 Å². The maximum Gasteiger partial charge on any atom is 0.238 e. The minimum absolute atomic E-state index is 0.0392. The Morgan fingerprint density at radius 1 is 1.20 bits per heavy atom. The fraction of sp³-hybridized carbons (Fsp3) is 0.455. The molecule has 114 valence electrons. The van der Waals surface area contributed by atoms with Crippen molar-refractivity contribution in [1.29, 1.82) is 0 Å². The van der Waals surface area contributed by atoms with Crippen LogP contribution < -0.4 is 15.8 Å². The van der Waals surface area contributed by atoms with Crippen LogP contribution in [0.5, 0.6) is 0 Å². The van der Waals surface area contributed by atoms with Crippen molar-refractivity contribution in [3.8, 4) is 0 Å². The van der Waals surface area contributed by atoms with Crippen molar-refractivity contribution in [2.75, 3.05) is 36.2 Å². The van der Waals surface area contributed by atoms with E-state index >= 15 is 0 Å². The van der Waals surface area contributed by atoms with E-state index in [-0.39, 0.29) is 22.9 Å². The first-order valence-corrected chi connectivity index (χ1v) is 9.34.